The summed E-state index contributed by atoms with van der Waals surface area (Å²) in [5, 5.41) is 12.8. The molecule has 0 radical (unpaired) electrons. The Morgan fingerprint density at radius 1 is 1.18 bits per heavy atom. The number of hydrogen-bond donors (Lipinski definition) is 2. The molecule has 4 rings (SSSR count). The van der Waals surface area contributed by atoms with Gasteiger partial charge in [0.25, 0.3) is 11.5 Å². The molecule has 148 valence electrons. The Hall–Kier alpha value is -2.74. The van der Waals surface area contributed by atoms with Crippen LogP contribution < -0.4 is 10.9 Å². The van der Waals surface area contributed by atoms with Gasteiger partial charge in [-0.2, -0.15) is 0 Å². The summed E-state index contributed by atoms with van der Waals surface area (Å²) in [6.45, 7) is 1.24. The van der Waals surface area contributed by atoms with Gasteiger partial charge >= 0.3 is 5.97 Å². The second-order valence-electron chi connectivity index (χ2n) is 7.48. The summed E-state index contributed by atoms with van der Waals surface area (Å²) in [6, 6.07) is 4.74. The molecule has 1 aromatic carbocycles. The van der Waals surface area contributed by atoms with Crippen LogP contribution in [0.4, 0.5) is 0 Å². The van der Waals surface area contributed by atoms with Crippen LogP contribution in [0.1, 0.15) is 48.3 Å². The van der Waals surface area contributed by atoms with E-state index < -0.39 is 17.4 Å². The summed E-state index contributed by atoms with van der Waals surface area (Å²) >= 11 is 0. The summed E-state index contributed by atoms with van der Waals surface area (Å²) < 4.78 is 6.97. The van der Waals surface area contributed by atoms with Crippen LogP contribution in [-0.2, 0) is 22.5 Å². The number of benzene rings is 1. The Morgan fingerprint density at radius 3 is 2.71 bits per heavy atom. The van der Waals surface area contributed by atoms with Crippen molar-refractivity contribution in [2.45, 2.75) is 50.6 Å². The Morgan fingerprint density at radius 2 is 1.96 bits per heavy atom. The number of carboxylic acid groups (broad SMARTS) is 1. The second-order valence-corrected chi connectivity index (χ2v) is 7.48. The van der Waals surface area contributed by atoms with Gasteiger partial charge in [-0.05, 0) is 31.0 Å². The number of carboxylic acids is 1. The summed E-state index contributed by atoms with van der Waals surface area (Å²) in [6.07, 6.45) is 4.18. The van der Waals surface area contributed by atoms with E-state index in [4.69, 9.17) is 4.74 Å². The molecule has 1 aromatic heterocycles. The molecule has 8 heteroatoms. The second kappa shape index (κ2) is 7.35. The first kappa shape index (κ1) is 18.6. The third-order valence-electron chi connectivity index (χ3n) is 5.69. The number of ether oxygens (including phenoxy) is 1. The number of rotatable bonds is 3. The molecule has 1 fully saturated rings. The Bertz CT molecular complexity index is 991. The molecule has 3 heterocycles. The van der Waals surface area contributed by atoms with E-state index in [0.717, 1.165) is 31.5 Å². The van der Waals surface area contributed by atoms with Crippen LogP contribution in [-0.4, -0.2) is 45.3 Å². The Balaban J connectivity index is 1.68. The van der Waals surface area contributed by atoms with E-state index in [-0.39, 0.29) is 31.6 Å². The molecular formula is C20H23N3O5. The number of nitrogens with one attached hydrogen (secondary N) is 1. The van der Waals surface area contributed by atoms with Crippen LogP contribution in [0.2, 0.25) is 0 Å². The fraction of sp³-hybridized carbons (Fsp3) is 0.500. The van der Waals surface area contributed by atoms with Crippen molar-refractivity contribution in [2.24, 2.45) is 0 Å². The third-order valence-corrected chi connectivity index (χ3v) is 5.69. The molecule has 1 amide bonds. The van der Waals surface area contributed by atoms with Gasteiger partial charge in [0.1, 0.15) is 11.4 Å². The number of aliphatic carboxylic acids is 1. The highest BCUT2D eigenvalue weighted by Gasteiger charge is 2.41. The molecule has 1 saturated heterocycles. The van der Waals surface area contributed by atoms with Gasteiger partial charge < -0.3 is 15.2 Å². The number of nitrogens with zero attached hydrogens (tertiary/aromatic N) is 2. The highest BCUT2D eigenvalue weighted by Crippen LogP contribution is 2.22. The molecule has 0 unspecified atom stereocenters. The van der Waals surface area contributed by atoms with Crippen LogP contribution in [0.5, 0.6) is 0 Å². The number of aryl methyl sites for hydroxylation is 1. The van der Waals surface area contributed by atoms with E-state index >= 15 is 0 Å². The lowest BCUT2D eigenvalue weighted by Crippen LogP contribution is -2.57. The lowest BCUT2D eigenvalue weighted by atomic mass is 9.89. The minimum Gasteiger partial charge on any atom is -0.480 e. The molecule has 8 nitrogen and oxygen atoms in total. The minimum absolute atomic E-state index is 0.0831. The van der Waals surface area contributed by atoms with Gasteiger partial charge in [0.15, 0.2) is 0 Å². The number of fused-ring (bicyclic) bond motifs is 2. The Kier molecular flexibility index (Phi) is 4.89. The number of carbonyl (C=O) groups excluding carboxylic acids is 1. The molecule has 0 atom stereocenters. The van der Waals surface area contributed by atoms with Crippen molar-refractivity contribution in [3.8, 4) is 0 Å². The molecule has 0 aliphatic carbocycles. The average molecular weight is 385 g/mol. The summed E-state index contributed by atoms with van der Waals surface area (Å²) in [5.41, 5.74) is -0.641. The average Bonchev–Trinajstić information content (AvgIpc) is 2.94. The first-order valence-electron chi connectivity index (χ1n) is 9.67. The maximum absolute atomic E-state index is 12.8. The number of amides is 1. The summed E-state index contributed by atoms with van der Waals surface area (Å²) in [7, 11) is 0. The van der Waals surface area contributed by atoms with Crippen LogP contribution in [0.3, 0.4) is 0 Å². The zero-order chi connectivity index (χ0) is 19.7. The van der Waals surface area contributed by atoms with Crippen molar-refractivity contribution in [1.82, 2.24) is 14.9 Å². The van der Waals surface area contributed by atoms with Gasteiger partial charge in [-0.15, -0.1) is 0 Å². The predicted octanol–water partition coefficient (Wildman–Crippen LogP) is 1.49. The van der Waals surface area contributed by atoms with E-state index in [2.05, 4.69) is 10.3 Å². The normalized spacial score (nSPS) is 18.9. The molecule has 2 aliphatic rings. The van der Waals surface area contributed by atoms with E-state index in [0.29, 0.717) is 23.0 Å². The van der Waals surface area contributed by atoms with Crippen molar-refractivity contribution in [3.05, 3.63) is 39.9 Å². The first-order chi connectivity index (χ1) is 13.5. The van der Waals surface area contributed by atoms with Gasteiger partial charge in [0.05, 0.1) is 10.9 Å². The van der Waals surface area contributed by atoms with E-state index in [1.165, 1.54) is 0 Å². The van der Waals surface area contributed by atoms with Crippen molar-refractivity contribution in [3.63, 3.8) is 0 Å². The maximum atomic E-state index is 12.8. The molecule has 0 saturated carbocycles. The van der Waals surface area contributed by atoms with E-state index in [1.54, 1.807) is 22.8 Å². The highest BCUT2D eigenvalue weighted by atomic mass is 16.5. The number of hydrogen-bond acceptors (Lipinski definition) is 5. The molecule has 2 aliphatic heterocycles. The fourth-order valence-electron chi connectivity index (χ4n) is 3.96. The standard InChI is InChI=1S/C20H23N3O5/c24-17(22-20(19(26)27)7-10-28-11-8-20)13-5-6-14-15(12-13)21-16-4-2-1-3-9-23(16)18(14)25/h5-6,12H,1-4,7-11H2,(H,22,24)(H,26,27). The quantitative estimate of drug-likeness (QED) is 0.828. The monoisotopic (exact) mass is 385 g/mol. The lowest BCUT2D eigenvalue weighted by Gasteiger charge is -2.33. The Labute approximate surface area is 161 Å². The van der Waals surface area contributed by atoms with Crippen molar-refractivity contribution < 1.29 is 19.4 Å². The molecule has 2 aromatic rings. The zero-order valence-corrected chi connectivity index (χ0v) is 15.6. The fourth-order valence-corrected chi connectivity index (χ4v) is 3.96. The largest absolute Gasteiger partial charge is 0.480 e. The number of aromatic nitrogens is 2. The topological polar surface area (TPSA) is 111 Å². The van der Waals surface area contributed by atoms with E-state index in [9.17, 15) is 19.5 Å². The zero-order valence-electron chi connectivity index (χ0n) is 15.6. The van der Waals surface area contributed by atoms with Crippen LogP contribution in [0.15, 0.2) is 23.0 Å². The van der Waals surface area contributed by atoms with Crippen molar-refractivity contribution >= 4 is 22.8 Å². The summed E-state index contributed by atoms with van der Waals surface area (Å²) in [4.78, 5) is 42.0. The SMILES string of the molecule is O=C(NC1(C(=O)O)CCOCC1)c1ccc2c(=O)n3c(nc2c1)CCCCC3. The van der Waals surface area contributed by atoms with Crippen LogP contribution in [0.25, 0.3) is 10.9 Å². The van der Waals surface area contributed by atoms with Gasteiger partial charge in [-0.3, -0.25) is 14.2 Å². The van der Waals surface area contributed by atoms with Gasteiger partial charge in [0.2, 0.25) is 0 Å². The molecular weight excluding hydrogens is 362 g/mol. The van der Waals surface area contributed by atoms with Gasteiger partial charge in [-0.1, -0.05) is 6.42 Å². The number of carbonyl (C=O) groups is 2. The smallest absolute Gasteiger partial charge is 0.329 e. The first-order valence-corrected chi connectivity index (χ1v) is 9.67. The van der Waals surface area contributed by atoms with Crippen LogP contribution in [0, 0.1) is 0 Å². The molecule has 2 N–H and O–H groups in total. The molecule has 0 spiro atoms. The minimum atomic E-state index is -1.33. The van der Waals surface area contributed by atoms with Gasteiger partial charge in [0, 0.05) is 44.6 Å². The molecule has 0 bridgehead atoms. The lowest BCUT2D eigenvalue weighted by molar-refractivity contribution is -0.148. The third kappa shape index (κ3) is 3.28. The summed E-state index contributed by atoms with van der Waals surface area (Å²) in [5.74, 6) is -0.798. The van der Waals surface area contributed by atoms with Crippen molar-refractivity contribution in [2.75, 3.05) is 13.2 Å². The van der Waals surface area contributed by atoms with Crippen LogP contribution >= 0.6 is 0 Å². The maximum Gasteiger partial charge on any atom is 0.329 e. The van der Waals surface area contributed by atoms with E-state index in [1.807, 2.05) is 0 Å². The predicted molar refractivity (Wildman–Crippen MR) is 101 cm³/mol. The molecule has 28 heavy (non-hydrogen) atoms. The van der Waals surface area contributed by atoms with Crippen molar-refractivity contribution in [1.29, 1.82) is 0 Å². The van der Waals surface area contributed by atoms with Gasteiger partial charge in [-0.25, -0.2) is 9.78 Å². The highest BCUT2D eigenvalue weighted by molar-refractivity contribution is 6.00.